The van der Waals surface area contributed by atoms with Gasteiger partial charge >= 0.3 is 0 Å². The van der Waals surface area contributed by atoms with E-state index in [-0.39, 0.29) is 0 Å². The highest BCUT2D eigenvalue weighted by Crippen LogP contribution is 2.37. The molecule has 3 N–H and O–H groups in total. The summed E-state index contributed by atoms with van der Waals surface area (Å²) in [4.78, 5) is 18.1. The van der Waals surface area contributed by atoms with E-state index in [0.717, 1.165) is 126 Å². The number of aromatic nitrogens is 6. The minimum Gasteiger partial charge on any atom is -0.342 e. The van der Waals surface area contributed by atoms with Crippen molar-refractivity contribution in [2.45, 2.75) is 99.3 Å². The van der Waals surface area contributed by atoms with Crippen molar-refractivity contribution in [3.05, 3.63) is 155 Å². The fourth-order valence-corrected chi connectivity index (χ4v) is 11.5. The standard InChI is InChI=1S/C32H32Cl4N6.C13H14Cl2N2.C8H8Br2/c33-23-13-27-29(15-25(23)35)41(31(39-27)21-5-9-37-10-6-21)17-19-1-2-20(4-3-19)18-42-30-16-26(36)24(34)14-28(30)40-32(42)22-7-11-38-12-8-22;14-9-6-11-12(7-10(9)15)17-13(16-11)8-4-2-1-3-5-8;9-5-7-1-2-8(6-10)4-3-7/h1-4,13-16,21-22,37-38H,5-12,17-18H2;6-8H,1-5H2,(H,16,17);1-4H,5-6H2. The molecule has 5 heterocycles. The van der Waals surface area contributed by atoms with E-state index >= 15 is 0 Å². The molecule has 8 nitrogen and oxygen atoms in total. The van der Waals surface area contributed by atoms with Crippen molar-refractivity contribution < 1.29 is 0 Å². The van der Waals surface area contributed by atoms with E-state index in [1.165, 1.54) is 54.4 Å². The van der Waals surface area contributed by atoms with Crippen LogP contribution in [0.1, 0.15) is 115 Å². The van der Waals surface area contributed by atoms with Crippen LogP contribution in [-0.2, 0) is 23.7 Å². The number of imidazole rings is 3. The molecule has 5 aromatic carbocycles. The first-order valence-corrected chi connectivity index (χ1v) is 28.3. The average molecular weight is 1180 g/mol. The number of hydrogen-bond acceptors (Lipinski definition) is 5. The van der Waals surface area contributed by atoms with Crippen molar-refractivity contribution in [2.24, 2.45) is 0 Å². The van der Waals surface area contributed by atoms with Crippen LogP contribution < -0.4 is 10.6 Å². The topological polar surface area (TPSA) is 88.4 Å². The highest BCUT2D eigenvalue weighted by atomic mass is 79.9. The summed E-state index contributed by atoms with van der Waals surface area (Å²) in [5, 5.41) is 12.1. The number of fused-ring (bicyclic) bond motifs is 3. The maximum atomic E-state index is 6.47. The van der Waals surface area contributed by atoms with Gasteiger partial charge in [-0.15, -0.1) is 0 Å². The predicted octanol–water partition coefficient (Wildman–Crippen LogP) is 16.4. The molecule has 0 spiro atoms. The Labute approximate surface area is 450 Å². The van der Waals surface area contributed by atoms with Gasteiger partial charge in [-0.1, -0.05) is 169 Å². The van der Waals surface area contributed by atoms with E-state index < -0.39 is 0 Å². The molecule has 11 rings (SSSR count). The van der Waals surface area contributed by atoms with Crippen molar-refractivity contribution in [2.75, 3.05) is 26.2 Å². The first-order chi connectivity index (χ1) is 33.5. The van der Waals surface area contributed by atoms with E-state index in [1.807, 2.05) is 36.4 Å². The number of piperidine rings is 2. The summed E-state index contributed by atoms with van der Waals surface area (Å²) in [6.07, 6.45) is 10.7. The Balaban J connectivity index is 0.000000178. The van der Waals surface area contributed by atoms with Gasteiger partial charge in [-0.05, 0) is 123 Å². The van der Waals surface area contributed by atoms with E-state index in [1.54, 1.807) is 0 Å². The Morgan fingerprint density at radius 3 is 1.28 bits per heavy atom. The van der Waals surface area contributed by atoms with Gasteiger partial charge in [-0.25, -0.2) is 15.0 Å². The lowest BCUT2D eigenvalue weighted by Crippen LogP contribution is -2.28. The van der Waals surface area contributed by atoms with Crippen LogP contribution in [0.25, 0.3) is 33.1 Å². The van der Waals surface area contributed by atoms with Gasteiger partial charge in [-0.2, -0.15) is 0 Å². The summed E-state index contributed by atoms with van der Waals surface area (Å²) in [5.41, 5.74) is 10.8. The number of aromatic amines is 1. The van der Waals surface area contributed by atoms with Crippen LogP contribution in [-0.4, -0.2) is 55.2 Å². The van der Waals surface area contributed by atoms with Crippen molar-refractivity contribution >= 4 is 135 Å². The Morgan fingerprint density at radius 1 is 0.449 bits per heavy atom. The molecule has 0 radical (unpaired) electrons. The largest absolute Gasteiger partial charge is 0.342 e. The molecule has 1 saturated carbocycles. The molecule has 3 aromatic heterocycles. The highest BCUT2D eigenvalue weighted by molar-refractivity contribution is 9.08. The molecule has 8 aromatic rings. The van der Waals surface area contributed by atoms with Gasteiger partial charge in [0.15, 0.2) is 0 Å². The number of rotatable bonds is 9. The molecule has 0 amide bonds. The molecule has 16 heteroatoms. The second-order valence-electron chi connectivity index (χ2n) is 18.3. The molecule has 69 heavy (non-hydrogen) atoms. The smallest absolute Gasteiger partial charge is 0.113 e. The monoisotopic (exact) mass is 1170 g/mol. The van der Waals surface area contributed by atoms with Gasteiger partial charge in [0.05, 0.1) is 63.2 Å². The fourth-order valence-electron chi connectivity index (χ4n) is 9.82. The average Bonchev–Trinajstić information content (AvgIpc) is 4.06. The molecular formula is C53H54Br2Cl6N8. The third-order valence-corrected chi connectivity index (χ3v) is 17.1. The van der Waals surface area contributed by atoms with Crippen LogP contribution in [0.3, 0.4) is 0 Å². The van der Waals surface area contributed by atoms with Crippen LogP contribution in [0.2, 0.25) is 30.1 Å². The maximum Gasteiger partial charge on any atom is 0.113 e. The Kier molecular flexibility index (Phi) is 17.6. The van der Waals surface area contributed by atoms with E-state index in [2.05, 4.69) is 110 Å². The molecule has 2 aliphatic heterocycles. The minimum atomic E-state index is 0.402. The summed E-state index contributed by atoms with van der Waals surface area (Å²) < 4.78 is 4.65. The summed E-state index contributed by atoms with van der Waals surface area (Å²) in [6.45, 7) is 5.45. The fraction of sp³-hybridized carbons (Fsp3) is 0.377. The molecule has 3 aliphatic rings. The van der Waals surface area contributed by atoms with Crippen molar-refractivity contribution in [3.63, 3.8) is 0 Å². The van der Waals surface area contributed by atoms with E-state index in [0.29, 0.717) is 47.9 Å². The van der Waals surface area contributed by atoms with E-state index in [4.69, 9.17) is 79.6 Å². The lowest BCUT2D eigenvalue weighted by atomic mass is 9.89. The van der Waals surface area contributed by atoms with Gasteiger partial charge in [0, 0.05) is 41.5 Å². The lowest BCUT2D eigenvalue weighted by Gasteiger charge is -2.23. The van der Waals surface area contributed by atoms with Gasteiger partial charge < -0.3 is 24.8 Å². The number of nitrogens with zero attached hydrogens (tertiary/aromatic N) is 5. The zero-order valence-corrected chi connectivity index (χ0v) is 45.8. The van der Waals surface area contributed by atoms with Crippen molar-refractivity contribution in [1.29, 1.82) is 0 Å². The summed E-state index contributed by atoms with van der Waals surface area (Å²) in [6, 6.07) is 28.8. The van der Waals surface area contributed by atoms with Crippen LogP contribution in [0.15, 0.2) is 84.9 Å². The van der Waals surface area contributed by atoms with Gasteiger partial charge in [-0.3, -0.25) is 0 Å². The first kappa shape index (κ1) is 51.0. The lowest BCUT2D eigenvalue weighted by molar-refractivity contribution is 0.431. The third-order valence-electron chi connectivity index (χ3n) is 13.6. The maximum absolute atomic E-state index is 6.47. The van der Waals surface area contributed by atoms with Crippen molar-refractivity contribution in [1.82, 2.24) is 39.7 Å². The summed E-state index contributed by atoms with van der Waals surface area (Å²) in [7, 11) is 0. The van der Waals surface area contributed by atoms with E-state index in [9.17, 15) is 0 Å². The molecule has 362 valence electrons. The van der Waals surface area contributed by atoms with Gasteiger partial charge in [0.2, 0.25) is 0 Å². The molecule has 1 aliphatic carbocycles. The first-order valence-electron chi connectivity index (χ1n) is 23.8. The molecule has 2 saturated heterocycles. The SMILES string of the molecule is BrCc1ccc(CBr)cc1.Clc1cc2nc(C3CCCCC3)[nH]c2cc1Cl.Clc1cc2nc(C3CCNCC3)n(Cc3ccc(Cn4c(C5CCNCC5)nc5cc(Cl)c(Cl)cc54)cc3)c2cc1Cl. The molecular weight excluding hydrogens is 1120 g/mol. The molecule has 0 atom stereocenters. The number of H-pyrrole nitrogens is 1. The second kappa shape index (κ2) is 23.8. The Morgan fingerprint density at radius 2 is 0.841 bits per heavy atom. The molecule has 0 bridgehead atoms. The normalized spacial score (nSPS) is 16.2. The van der Waals surface area contributed by atoms with Crippen LogP contribution in [0, 0.1) is 0 Å². The zero-order valence-electron chi connectivity index (χ0n) is 38.1. The quantitative estimate of drug-likeness (QED) is 0.125. The van der Waals surface area contributed by atoms with Gasteiger partial charge in [0.25, 0.3) is 0 Å². The van der Waals surface area contributed by atoms with Crippen LogP contribution >= 0.6 is 101 Å². The highest BCUT2D eigenvalue weighted by Gasteiger charge is 2.26. The summed E-state index contributed by atoms with van der Waals surface area (Å²) >= 11 is 44.5. The second-order valence-corrected chi connectivity index (χ2v) is 21.9. The molecule has 0 unspecified atom stereocenters. The zero-order chi connectivity index (χ0) is 48.0. The van der Waals surface area contributed by atoms with Crippen LogP contribution in [0.4, 0.5) is 0 Å². The number of halogens is 8. The number of hydrogen-bond donors (Lipinski definition) is 3. The third kappa shape index (κ3) is 12.3. The summed E-state index contributed by atoms with van der Waals surface area (Å²) in [5.74, 6) is 4.70. The predicted molar refractivity (Wildman–Crippen MR) is 297 cm³/mol. The van der Waals surface area contributed by atoms with Gasteiger partial charge in [0.1, 0.15) is 17.5 Å². The minimum absolute atomic E-state index is 0.402. The Hall–Kier alpha value is -2.87. The Bertz CT molecular complexity index is 2820. The van der Waals surface area contributed by atoms with Crippen LogP contribution in [0.5, 0.6) is 0 Å². The number of nitrogens with one attached hydrogen (secondary N) is 3. The van der Waals surface area contributed by atoms with Crippen molar-refractivity contribution in [3.8, 4) is 0 Å². The molecule has 3 fully saturated rings. The number of alkyl halides is 2. The number of benzene rings is 5.